The minimum atomic E-state index is 0.477. The number of halogens is 1. The monoisotopic (exact) mass is 276 g/mol. The van der Waals surface area contributed by atoms with Crippen LogP contribution in [0.5, 0.6) is 0 Å². The number of unbranched alkanes of at least 4 members (excludes halogenated alkanes) is 3. The van der Waals surface area contributed by atoms with Crippen LogP contribution in [0.25, 0.3) is 0 Å². The fraction of sp³-hybridized carbons (Fsp3) is 1.00. The quantitative estimate of drug-likeness (QED) is 0.467. The zero-order valence-electron chi connectivity index (χ0n) is 10.1. The molecule has 0 heterocycles. The van der Waals surface area contributed by atoms with E-state index in [9.17, 15) is 0 Å². The Morgan fingerprint density at radius 3 is 2.47 bits per heavy atom. The molecule has 0 aromatic heterocycles. The highest BCUT2D eigenvalue weighted by Crippen LogP contribution is 2.39. The standard InChI is InChI=1S/C13H25BrO/c1-2-3-4-7-10-15-12-13(11-14)8-5-6-9-13/h2-12H2,1H3. The summed E-state index contributed by atoms with van der Waals surface area (Å²) >= 11 is 3.65. The molecule has 1 saturated carbocycles. The third-order valence-electron chi connectivity index (χ3n) is 3.50. The Bertz CT molecular complexity index is 153. The molecule has 0 N–H and O–H groups in total. The summed E-state index contributed by atoms with van der Waals surface area (Å²) in [4.78, 5) is 0. The van der Waals surface area contributed by atoms with Crippen molar-refractivity contribution in [3.8, 4) is 0 Å². The number of alkyl halides is 1. The van der Waals surface area contributed by atoms with E-state index in [1.54, 1.807) is 0 Å². The molecular weight excluding hydrogens is 252 g/mol. The van der Waals surface area contributed by atoms with Crippen LogP contribution in [0.4, 0.5) is 0 Å². The Hall–Kier alpha value is 0.440. The van der Waals surface area contributed by atoms with Crippen molar-refractivity contribution < 1.29 is 4.74 Å². The van der Waals surface area contributed by atoms with Gasteiger partial charge in [0.25, 0.3) is 0 Å². The Kier molecular flexibility index (Phi) is 6.91. The lowest BCUT2D eigenvalue weighted by Crippen LogP contribution is -2.25. The van der Waals surface area contributed by atoms with Crippen molar-refractivity contribution in [1.82, 2.24) is 0 Å². The van der Waals surface area contributed by atoms with E-state index >= 15 is 0 Å². The Morgan fingerprint density at radius 2 is 1.87 bits per heavy atom. The molecule has 0 aromatic carbocycles. The predicted molar refractivity (Wildman–Crippen MR) is 69.7 cm³/mol. The van der Waals surface area contributed by atoms with E-state index in [1.165, 1.54) is 51.4 Å². The van der Waals surface area contributed by atoms with Crippen LogP contribution >= 0.6 is 15.9 Å². The first-order valence-electron chi connectivity index (χ1n) is 6.47. The van der Waals surface area contributed by atoms with Gasteiger partial charge >= 0.3 is 0 Å². The van der Waals surface area contributed by atoms with Gasteiger partial charge in [0.2, 0.25) is 0 Å². The second-order valence-electron chi connectivity index (χ2n) is 4.95. The highest BCUT2D eigenvalue weighted by Gasteiger charge is 2.32. The molecule has 1 rings (SSSR count). The van der Waals surface area contributed by atoms with Gasteiger partial charge in [-0.3, -0.25) is 0 Å². The number of rotatable bonds is 8. The lowest BCUT2D eigenvalue weighted by Gasteiger charge is -2.26. The van der Waals surface area contributed by atoms with Crippen LogP contribution in [0.2, 0.25) is 0 Å². The number of ether oxygens (including phenoxy) is 1. The van der Waals surface area contributed by atoms with E-state index in [4.69, 9.17) is 4.74 Å². The summed E-state index contributed by atoms with van der Waals surface area (Å²) in [5, 5.41) is 1.12. The van der Waals surface area contributed by atoms with Crippen LogP contribution in [0.3, 0.4) is 0 Å². The fourth-order valence-corrected chi connectivity index (χ4v) is 3.08. The minimum Gasteiger partial charge on any atom is -0.381 e. The molecule has 1 aliphatic rings. The summed E-state index contributed by atoms with van der Waals surface area (Å²) in [6.07, 6.45) is 10.7. The largest absolute Gasteiger partial charge is 0.381 e. The SMILES string of the molecule is CCCCCCOCC1(CBr)CCCC1. The van der Waals surface area contributed by atoms with E-state index < -0.39 is 0 Å². The van der Waals surface area contributed by atoms with Crippen LogP contribution in [-0.2, 0) is 4.74 Å². The Labute approximate surface area is 103 Å². The molecule has 1 aliphatic carbocycles. The van der Waals surface area contributed by atoms with Crippen molar-refractivity contribution in [2.75, 3.05) is 18.5 Å². The Morgan fingerprint density at radius 1 is 1.13 bits per heavy atom. The lowest BCUT2D eigenvalue weighted by molar-refractivity contribution is 0.0571. The average Bonchev–Trinajstić information content (AvgIpc) is 2.73. The zero-order valence-corrected chi connectivity index (χ0v) is 11.7. The minimum absolute atomic E-state index is 0.477. The van der Waals surface area contributed by atoms with Crippen molar-refractivity contribution in [3.63, 3.8) is 0 Å². The highest BCUT2D eigenvalue weighted by atomic mass is 79.9. The normalized spacial score (nSPS) is 19.6. The topological polar surface area (TPSA) is 9.23 Å². The van der Waals surface area contributed by atoms with Crippen molar-refractivity contribution in [2.24, 2.45) is 5.41 Å². The maximum Gasteiger partial charge on any atom is 0.0530 e. The van der Waals surface area contributed by atoms with E-state index in [1.807, 2.05) is 0 Å². The van der Waals surface area contributed by atoms with Gasteiger partial charge in [0.05, 0.1) is 6.61 Å². The molecule has 0 saturated heterocycles. The van der Waals surface area contributed by atoms with Crippen LogP contribution in [0.1, 0.15) is 58.3 Å². The van der Waals surface area contributed by atoms with Gasteiger partial charge in [-0.15, -0.1) is 0 Å². The van der Waals surface area contributed by atoms with Gasteiger partial charge in [-0.05, 0) is 19.3 Å². The first kappa shape index (κ1) is 13.5. The van der Waals surface area contributed by atoms with E-state index in [0.717, 1.165) is 18.5 Å². The van der Waals surface area contributed by atoms with Crippen molar-refractivity contribution in [1.29, 1.82) is 0 Å². The van der Waals surface area contributed by atoms with E-state index in [2.05, 4.69) is 22.9 Å². The maximum absolute atomic E-state index is 5.83. The van der Waals surface area contributed by atoms with Crippen molar-refractivity contribution in [2.45, 2.75) is 58.3 Å². The molecule has 15 heavy (non-hydrogen) atoms. The molecule has 90 valence electrons. The summed E-state index contributed by atoms with van der Waals surface area (Å²) < 4.78 is 5.83. The molecule has 0 atom stereocenters. The molecule has 0 aromatic rings. The molecule has 2 heteroatoms. The van der Waals surface area contributed by atoms with E-state index in [-0.39, 0.29) is 0 Å². The second kappa shape index (κ2) is 7.67. The summed E-state index contributed by atoms with van der Waals surface area (Å²) in [5.41, 5.74) is 0.477. The molecule has 0 unspecified atom stereocenters. The molecule has 0 amide bonds. The third kappa shape index (κ3) is 4.86. The molecular formula is C13H25BrO. The number of hydrogen-bond donors (Lipinski definition) is 0. The average molecular weight is 277 g/mol. The van der Waals surface area contributed by atoms with Crippen molar-refractivity contribution >= 4 is 15.9 Å². The van der Waals surface area contributed by atoms with Crippen LogP contribution < -0.4 is 0 Å². The van der Waals surface area contributed by atoms with Gasteiger partial charge in [0.15, 0.2) is 0 Å². The van der Waals surface area contributed by atoms with Crippen LogP contribution in [0.15, 0.2) is 0 Å². The van der Waals surface area contributed by atoms with Gasteiger partial charge in [-0.25, -0.2) is 0 Å². The summed E-state index contributed by atoms with van der Waals surface area (Å²) in [6, 6.07) is 0. The van der Waals surface area contributed by atoms with Gasteiger partial charge in [-0.1, -0.05) is 55.0 Å². The zero-order chi connectivity index (χ0) is 11.0. The second-order valence-corrected chi connectivity index (χ2v) is 5.51. The summed E-state index contributed by atoms with van der Waals surface area (Å²) in [6.45, 7) is 4.19. The number of hydrogen-bond acceptors (Lipinski definition) is 1. The predicted octanol–water partition coefficient (Wildman–Crippen LogP) is 4.54. The van der Waals surface area contributed by atoms with Gasteiger partial charge < -0.3 is 4.74 Å². The van der Waals surface area contributed by atoms with Crippen LogP contribution in [0, 0.1) is 5.41 Å². The maximum atomic E-state index is 5.83. The molecule has 0 spiro atoms. The van der Waals surface area contributed by atoms with Crippen LogP contribution in [-0.4, -0.2) is 18.5 Å². The first-order valence-corrected chi connectivity index (χ1v) is 7.59. The fourth-order valence-electron chi connectivity index (χ4n) is 2.36. The van der Waals surface area contributed by atoms with Gasteiger partial charge in [0, 0.05) is 17.4 Å². The third-order valence-corrected chi connectivity index (χ3v) is 4.69. The molecule has 1 nitrogen and oxygen atoms in total. The van der Waals surface area contributed by atoms with Gasteiger partial charge in [0.1, 0.15) is 0 Å². The molecule has 0 aliphatic heterocycles. The summed E-state index contributed by atoms with van der Waals surface area (Å²) in [5.74, 6) is 0. The molecule has 0 bridgehead atoms. The first-order chi connectivity index (χ1) is 7.33. The molecule has 0 radical (unpaired) electrons. The highest BCUT2D eigenvalue weighted by molar-refractivity contribution is 9.09. The lowest BCUT2D eigenvalue weighted by atomic mass is 9.90. The summed E-state index contributed by atoms with van der Waals surface area (Å²) in [7, 11) is 0. The Balaban J connectivity index is 2.02. The molecule has 1 fully saturated rings. The smallest absolute Gasteiger partial charge is 0.0530 e. The van der Waals surface area contributed by atoms with Crippen molar-refractivity contribution in [3.05, 3.63) is 0 Å². The van der Waals surface area contributed by atoms with Gasteiger partial charge in [-0.2, -0.15) is 0 Å². The van der Waals surface area contributed by atoms with E-state index in [0.29, 0.717) is 5.41 Å².